The van der Waals surface area contributed by atoms with Crippen LogP contribution >= 0.6 is 23.2 Å². The number of nitro benzene ring substituents is 1. The average Bonchev–Trinajstić information content (AvgIpc) is 2.48. The molecule has 0 heterocycles. The van der Waals surface area contributed by atoms with E-state index in [0.29, 0.717) is 11.6 Å². The standard InChI is InChI=1S/C15H12Cl2N2O3/c1-18(9-10-2-4-11(16)5-3-10)15(20)13-7-6-12(17)8-14(13)19(21)22/h2-8H,9H2,1H3. The second-order valence-corrected chi connectivity index (χ2v) is 5.58. The molecule has 7 heteroatoms. The second-order valence-electron chi connectivity index (χ2n) is 4.71. The summed E-state index contributed by atoms with van der Waals surface area (Å²) in [4.78, 5) is 24.2. The van der Waals surface area contributed by atoms with E-state index in [1.54, 1.807) is 31.3 Å². The van der Waals surface area contributed by atoms with Gasteiger partial charge in [-0.05, 0) is 29.8 Å². The molecule has 0 atom stereocenters. The van der Waals surface area contributed by atoms with Crippen molar-refractivity contribution in [2.45, 2.75) is 6.54 Å². The van der Waals surface area contributed by atoms with Crippen molar-refractivity contribution in [2.24, 2.45) is 0 Å². The highest BCUT2D eigenvalue weighted by Crippen LogP contribution is 2.24. The summed E-state index contributed by atoms with van der Waals surface area (Å²) in [6, 6.07) is 11.0. The summed E-state index contributed by atoms with van der Waals surface area (Å²) in [5.74, 6) is -0.446. The minimum Gasteiger partial charge on any atom is -0.337 e. The molecule has 0 aliphatic rings. The topological polar surface area (TPSA) is 63.5 Å². The fourth-order valence-corrected chi connectivity index (χ4v) is 2.27. The minimum absolute atomic E-state index is 0.00543. The number of halogens is 2. The number of hydrogen-bond donors (Lipinski definition) is 0. The van der Waals surface area contributed by atoms with Crippen molar-refractivity contribution in [3.05, 3.63) is 73.8 Å². The molecule has 5 nitrogen and oxygen atoms in total. The Balaban J connectivity index is 2.24. The number of benzene rings is 2. The van der Waals surface area contributed by atoms with Gasteiger partial charge in [-0.1, -0.05) is 35.3 Å². The first-order valence-corrected chi connectivity index (χ1v) is 7.08. The number of carbonyl (C=O) groups is 1. The van der Waals surface area contributed by atoms with E-state index in [1.807, 2.05) is 0 Å². The molecule has 0 bridgehead atoms. The smallest absolute Gasteiger partial charge is 0.283 e. The molecule has 114 valence electrons. The van der Waals surface area contributed by atoms with Crippen LogP contribution in [-0.2, 0) is 6.54 Å². The van der Waals surface area contributed by atoms with Gasteiger partial charge in [0.2, 0.25) is 0 Å². The molecule has 0 unspecified atom stereocenters. The molecule has 0 saturated carbocycles. The second kappa shape index (κ2) is 6.77. The Kier molecular flexibility index (Phi) is 5.00. The monoisotopic (exact) mass is 338 g/mol. The summed E-state index contributed by atoms with van der Waals surface area (Å²) in [7, 11) is 1.58. The number of nitro groups is 1. The Morgan fingerprint density at radius 1 is 1.14 bits per heavy atom. The van der Waals surface area contributed by atoms with Gasteiger partial charge in [0.25, 0.3) is 11.6 Å². The molecule has 2 aromatic carbocycles. The third kappa shape index (κ3) is 3.75. The normalized spacial score (nSPS) is 10.3. The largest absolute Gasteiger partial charge is 0.337 e. The number of hydrogen-bond acceptors (Lipinski definition) is 3. The predicted octanol–water partition coefficient (Wildman–Crippen LogP) is 4.17. The number of carbonyl (C=O) groups excluding carboxylic acids is 1. The SMILES string of the molecule is CN(Cc1ccc(Cl)cc1)C(=O)c1ccc(Cl)cc1[N+](=O)[O-]. The van der Waals surface area contributed by atoms with Gasteiger partial charge in [0.15, 0.2) is 0 Å². The van der Waals surface area contributed by atoms with Crippen molar-refractivity contribution in [3.8, 4) is 0 Å². The summed E-state index contributed by atoms with van der Waals surface area (Å²) in [5, 5.41) is 11.9. The van der Waals surface area contributed by atoms with Crippen LogP contribution < -0.4 is 0 Å². The van der Waals surface area contributed by atoms with Crippen LogP contribution in [0.2, 0.25) is 10.0 Å². The molecule has 0 aliphatic heterocycles. The predicted molar refractivity (Wildman–Crippen MR) is 85.4 cm³/mol. The number of nitrogens with zero attached hydrogens (tertiary/aromatic N) is 2. The zero-order valence-corrected chi connectivity index (χ0v) is 13.1. The Morgan fingerprint density at radius 3 is 2.32 bits per heavy atom. The molecule has 0 radical (unpaired) electrons. The highest BCUT2D eigenvalue weighted by atomic mass is 35.5. The Bertz CT molecular complexity index is 717. The summed E-state index contributed by atoms with van der Waals surface area (Å²) in [6.45, 7) is 0.315. The van der Waals surface area contributed by atoms with Crippen molar-refractivity contribution in [1.82, 2.24) is 4.90 Å². The van der Waals surface area contributed by atoms with E-state index in [2.05, 4.69) is 0 Å². The number of amides is 1. The van der Waals surface area contributed by atoms with Crippen molar-refractivity contribution < 1.29 is 9.72 Å². The summed E-state index contributed by atoms with van der Waals surface area (Å²) < 4.78 is 0. The Morgan fingerprint density at radius 2 is 1.73 bits per heavy atom. The molecule has 0 saturated heterocycles. The molecular weight excluding hydrogens is 327 g/mol. The minimum atomic E-state index is -0.616. The van der Waals surface area contributed by atoms with Gasteiger partial charge in [0.05, 0.1) is 4.92 Å². The van der Waals surface area contributed by atoms with Gasteiger partial charge in [-0.3, -0.25) is 14.9 Å². The van der Waals surface area contributed by atoms with Gasteiger partial charge in [0, 0.05) is 29.7 Å². The lowest BCUT2D eigenvalue weighted by Gasteiger charge is -2.17. The molecular formula is C15H12Cl2N2O3. The average molecular weight is 339 g/mol. The van der Waals surface area contributed by atoms with E-state index < -0.39 is 10.8 Å². The van der Waals surface area contributed by atoms with Gasteiger partial charge >= 0.3 is 0 Å². The van der Waals surface area contributed by atoms with Crippen LogP contribution in [-0.4, -0.2) is 22.8 Å². The summed E-state index contributed by atoms with van der Waals surface area (Å²) >= 11 is 11.6. The fourth-order valence-electron chi connectivity index (χ4n) is 1.98. The maximum atomic E-state index is 12.4. The fraction of sp³-hybridized carbons (Fsp3) is 0.133. The lowest BCUT2D eigenvalue weighted by atomic mass is 10.1. The van der Waals surface area contributed by atoms with Crippen LogP contribution in [0, 0.1) is 10.1 Å². The summed E-state index contributed by atoms with van der Waals surface area (Å²) in [6.07, 6.45) is 0. The third-order valence-corrected chi connectivity index (χ3v) is 3.55. The van der Waals surface area contributed by atoms with Crippen LogP contribution in [0.5, 0.6) is 0 Å². The van der Waals surface area contributed by atoms with Gasteiger partial charge in [-0.2, -0.15) is 0 Å². The zero-order chi connectivity index (χ0) is 16.3. The van der Waals surface area contributed by atoms with Gasteiger partial charge in [-0.25, -0.2) is 0 Å². The molecule has 2 aromatic rings. The molecule has 22 heavy (non-hydrogen) atoms. The van der Waals surface area contributed by atoms with Crippen LogP contribution in [0.25, 0.3) is 0 Å². The van der Waals surface area contributed by atoms with E-state index in [1.165, 1.54) is 23.1 Å². The van der Waals surface area contributed by atoms with Crippen LogP contribution in [0.3, 0.4) is 0 Å². The first kappa shape index (κ1) is 16.3. The van der Waals surface area contributed by atoms with Crippen LogP contribution in [0.1, 0.15) is 15.9 Å². The van der Waals surface area contributed by atoms with Gasteiger partial charge in [0.1, 0.15) is 5.56 Å². The highest BCUT2D eigenvalue weighted by Gasteiger charge is 2.23. The first-order chi connectivity index (χ1) is 10.4. The quantitative estimate of drug-likeness (QED) is 0.620. The molecule has 0 aliphatic carbocycles. The van der Waals surface area contributed by atoms with Crippen molar-refractivity contribution in [3.63, 3.8) is 0 Å². The van der Waals surface area contributed by atoms with Gasteiger partial charge in [-0.15, -0.1) is 0 Å². The molecule has 0 N–H and O–H groups in total. The molecule has 0 fully saturated rings. The van der Waals surface area contributed by atoms with E-state index in [9.17, 15) is 14.9 Å². The third-order valence-electron chi connectivity index (χ3n) is 3.07. The molecule has 0 spiro atoms. The lowest BCUT2D eigenvalue weighted by molar-refractivity contribution is -0.385. The maximum Gasteiger partial charge on any atom is 0.283 e. The van der Waals surface area contributed by atoms with E-state index in [0.717, 1.165) is 5.56 Å². The zero-order valence-electron chi connectivity index (χ0n) is 11.6. The van der Waals surface area contributed by atoms with Gasteiger partial charge < -0.3 is 4.90 Å². The van der Waals surface area contributed by atoms with Crippen LogP contribution in [0.15, 0.2) is 42.5 Å². The Labute approximate surface area is 137 Å². The van der Waals surface area contributed by atoms with Crippen molar-refractivity contribution in [2.75, 3.05) is 7.05 Å². The molecule has 2 rings (SSSR count). The molecule has 1 amide bonds. The maximum absolute atomic E-state index is 12.4. The van der Waals surface area contributed by atoms with Crippen LogP contribution in [0.4, 0.5) is 5.69 Å². The lowest BCUT2D eigenvalue weighted by Crippen LogP contribution is -2.26. The first-order valence-electron chi connectivity index (χ1n) is 6.32. The van der Waals surface area contributed by atoms with Crippen molar-refractivity contribution in [1.29, 1.82) is 0 Å². The summed E-state index contributed by atoms with van der Waals surface area (Å²) in [5.41, 5.74) is 0.572. The highest BCUT2D eigenvalue weighted by molar-refractivity contribution is 6.31. The van der Waals surface area contributed by atoms with E-state index in [4.69, 9.17) is 23.2 Å². The van der Waals surface area contributed by atoms with Crippen molar-refractivity contribution >= 4 is 34.8 Å². The van der Waals surface area contributed by atoms with E-state index >= 15 is 0 Å². The number of rotatable bonds is 4. The van der Waals surface area contributed by atoms with E-state index in [-0.39, 0.29) is 16.3 Å². The molecule has 0 aromatic heterocycles. The Hall–Kier alpha value is -2.11.